The third-order valence-electron chi connectivity index (χ3n) is 2.64. The lowest BCUT2D eigenvalue weighted by molar-refractivity contribution is 0.0695. The number of halogens is 1. The van der Waals surface area contributed by atoms with Crippen LogP contribution in [0.2, 0.25) is 0 Å². The molecule has 1 aromatic heterocycles. The fourth-order valence-corrected chi connectivity index (χ4v) is 1.89. The Kier molecular flexibility index (Phi) is 4.57. The van der Waals surface area contributed by atoms with Gasteiger partial charge < -0.3 is 14.4 Å². The average molecular weight is 338 g/mol. The number of carboxylic acids is 1. The minimum Gasteiger partial charge on any atom is -0.492 e. The lowest BCUT2D eigenvalue weighted by Gasteiger charge is -2.08. The third-order valence-corrected chi connectivity index (χ3v) is 3.17. The SMILES string of the molecule is O=C(O)c1ccc(=O)n(CCOc2ccc(Br)cc2)c1. The molecular formula is C14H12BrNO4. The van der Waals surface area contributed by atoms with E-state index in [4.69, 9.17) is 9.84 Å². The summed E-state index contributed by atoms with van der Waals surface area (Å²) in [5.41, 5.74) is -0.178. The summed E-state index contributed by atoms with van der Waals surface area (Å²) in [6, 6.07) is 9.85. The van der Waals surface area contributed by atoms with Gasteiger partial charge in [-0.1, -0.05) is 15.9 Å². The van der Waals surface area contributed by atoms with Gasteiger partial charge in [-0.25, -0.2) is 4.79 Å². The molecule has 6 heteroatoms. The standard InChI is InChI=1S/C14H12BrNO4/c15-11-2-4-12(5-3-11)20-8-7-16-9-10(14(18)19)1-6-13(16)17/h1-6,9H,7-8H2,(H,18,19). The summed E-state index contributed by atoms with van der Waals surface area (Å²) >= 11 is 3.32. The molecule has 1 heterocycles. The van der Waals surface area contributed by atoms with Crippen LogP contribution in [0.25, 0.3) is 0 Å². The molecule has 0 unspecified atom stereocenters. The van der Waals surface area contributed by atoms with Gasteiger partial charge in [-0.2, -0.15) is 0 Å². The van der Waals surface area contributed by atoms with E-state index in [2.05, 4.69) is 15.9 Å². The fourth-order valence-electron chi connectivity index (χ4n) is 1.63. The topological polar surface area (TPSA) is 68.5 Å². The summed E-state index contributed by atoms with van der Waals surface area (Å²) in [5, 5.41) is 8.88. The highest BCUT2D eigenvalue weighted by Gasteiger charge is 2.05. The minimum absolute atomic E-state index is 0.0771. The number of pyridine rings is 1. The van der Waals surface area contributed by atoms with E-state index < -0.39 is 5.97 Å². The normalized spacial score (nSPS) is 10.2. The van der Waals surface area contributed by atoms with E-state index in [1.165, 1.54) is 22.9 Å². The molecule has 0 fully saturated rings. The van der Waals surface area contributed by atoms with E-state index in [9.17, 15) is 9.59 Å². The predicted octanol–water partition coefficient (Wildman–Crippen LogP) is 2.39. The number of aromatic nitrogens is 1. The Bertz CT molecular complexity index is 664. The van der Waals surface area contributed by atoms with Gasteiger partial charge in [-0.15, -0.1) is 0 Å². The molecular weight excluding hydrogens is 326 g/mol. The van der Waals surface area contributed by atoms with Crippen LogP contribution in [0, 0.1) is 0 Å². The first-order valence-corrected chi connectivity index (χ1v) is 6.68. The highest BCUT2D eigenvalue weighted by molar-refractivity contribution is 9.10. The Morgan fingerprint density at radius 1 is 1.20 bits per heavy atom. The van der Waals surface area contributed by atoms with E-state index in [0.29, 0.717) is 5.75 Å². The molecule has 1 N–H and O–H groups in total. The molecule has 0 saturated heterocycles. The zero-order chi connectivity index (χ0) is 14.5. The van der Waals surface area contributed by atoms with Crippen LogP contribution in [0.1, 0.15) is 10.4 Å². The molecule has 0 aliphatic heterocycles. The first-order chi connectivity index (χ1) is 9.56. The number of rotatable bonds is 5. The molecule has 0 spiro atoms. The fraction of sp³-hybridized carbons (Fsp3) is 0.143. The van der Waals surface area contributed by atoms with Crippen molar-refractivity contribution in [3.05, 3.63) is 63.0 Å². The predicted molar refractivity (Wildman–Crippen MR) is 77.3 cm³/mol. The molecule has 2 rings (SSSR count). The molecule has 0 bridgehead atoms. The van der Waals surface area contributed by atoms with Gasteiger partial charge in [0.2, 0.25) is 0 Å². The Morgan fingerprint density at radius 2 is 1.90 bits per heavy atom. The largest absolute Gasteiger partial charge is 0.492 e. The number of hydrogen-bond acceptors (Lipinski definition) is 3. The summed E-state index contributed by atoms with van der Waals surface area (Å²) in [6.45, 7) is 0.570. The van der Waals surface area contributed by atoms with Crippen molar-refractivity contribution in [2.45, 2.75) is 6.54 Å². The summed E-state index contributed by atoms with van der Waals surface area (Å²) < 4.78 is 7.77. The minimum atomic E-state index is -1.06. The Labute approximate surface area is 123 Å². The van der Waals surface area contributed by atoms with Crippen LogP contribution in [-0.2, 0) is 6.54 Å². The molecule has 104 valence electrons. The van der Waals surface area contributed by atoms with Gasteiger partial charge in [-0.3, -0.25) is 4.79 Å². The third kappa shape index (κ3) is 3.71. The van der Waals surface area contributed by atoms with Crippen LogP contribution in [0.15, 0.2) is 51.9 Å². The maximum Gasteiger partial charge on any atom is 0.337 e. The van der Waals surface area contributed by atoms with E-state index >= 15 is 0 Å². The van der Waals surface area contributed by atoms with Gasteiger partial charge in [0, 0.05) is 16.7 Å². The van der Waals surface area contributed by atoms with Crippen LogP contribution in [0.5, 0.6) is 5.75 Å². The molecule has 1 aromatic carbocycles. The first kappa shape index (κ1) is 14.3. The molecule has 0 aliphatic carbocycles. The number of ether oxygens (including phenoxy) is 1. The highest BCUT2D eigenvalue weighted by Crippen LogP contribution is 2.15. The van der Waals surface area contributed by atoms with Gasteiger partial charge in [-0.05, 0) is 30.3 Å². The van der Waals surface area contributed by atoms with Gasteiger partial charge in [0.15, 0.2) is 0 Å². The van der Waals surface area contributed by atoms with Crippen molar-refractivity contribution >= 4 is 21.9 Å². The average Bonchev–Trinajstić information content (AvgIpc) is 2.43. The van der Waals surface area contributed by atoms with Crippen molar-refractivity contribution in [1.29, 1.82) is 0 Å². The monoisotopic (exact) mass is 337 g/mol. The second kappa shape index (κ2) is 6.38. The second-order valence-electron chi connectivity index (χ2n) is 4.06. The number of nitrogens with zero attached hydrogens (tertiary/aromatic N) is 1. The van der Waals surface area contributed by atoms with E-state index in [0.717, 1.165) is 4.47 Å². The molecule has 0 saturated carbocycles. The van der Waals surface area contributed by atoms with Crippen molar-refractivity contribution in [3.8, 4) is 5.75 Å². The summed E-state index contributed by atoms with van der Waals surface area (Å²) in [7, 11) is 0. The van der Waals surface area contributed by atoms with Crippen LogP contribution >= 0.6 is 15.9 Å². The molecule has 5 nitrogen and oxygen atoms in total. The first-order valence-electron chi connectivity index (χ1n) is 5.88. The molecule has 0 radical (unpaired) electrons. The second-order valence-corrected chi connectivity index (χ2v) is 4.97. The summed E-state index contributed by atoms with van der Waals surface area (Å²) in [5.74, 6) is -0.372. The number of carbonyl (C=O) groups is 1. The Morgan fingerprint density at radius 3 is 2.55 bits per heavy atom. The lowest BCUT2D eigenvalue weighted by Crippen LogP contribution is -2.23. The quantitative estimate of drug-likeness (QED) is 0.909. The summed E-state index contributed by atoms with van der Waals surface area (Å²) in [4.78, 5) is 22.4. The maximum absolute atomic E-state index is 11.6. The lowest BCUT2D eigenvalue weighted by atomic mass is 10.3. The van der Waals surface area contributed by atoms with Crippen LogP contribution in [0.3, 0.4) is 0 Å². The number of hydrogen-bond donors (Lipinski definition) is 1. The van der Waals surface area contributed by atoms with E-state index in [1.807, 2.05) is 12.1 Å². The number of benzene rings is 1. The van der Waals surface area contributed by atoms with Crippen molar-refractivity contribution in [2.24, 2.45) is 0 Å². The van der Waals surface area contributed by atoms with Crippen molar-refractivity contribution in [3.63, 3.8) is 0 Å². The molecule has 20 heavy (non-hydrogen) atoms. The van der Waals surface area contributed by atoms with Crippen molar-refractivity contribution < 1.29 is 14.6 Å². The number of carboxylic acid groups (broad SMARTS) is 1. The Hall–Kier alpha value is -2.08. The molecule has 0 atom stereocenters. The van der Waals surface area contributed by atoms with Gasteiger partial charge in [0.25, 0.3) is 5.56 Å². The zero-order valence-electron chi connectivity index (χ0n) is 10.5. The molecule has 2 aromatic rings. The summed E-state index contributed by atoms with van der Waals surface area (Å²) in [6.07, 6.45) is 1.32. The smallest absolute Gasteiger partial charge is 0.337 e. The van der Waals surface area contributed by atoms with Gasteiger partial charge in [0.1, 0.15) is 12.4 Å². The van der Waals surface area contributed by atoms with Crippen LogP contribution < -0.4 is 10.3 Å². The van der Waals surface area contributed by atoms with E-state index in [-0.39, 0.29) is 24.3 Å². The number of aromatic carboxylic acids is 1. The maximum atomic E-state index is 11.6. The molecule has 0 aliphatic rings. The van der Waals surface area contributed by atoms with Gasteiger partial charge >= 0.3 is 5.97 Å². The zero-order valence-corrected chi connectivity index (χ0v) is 12.0. The molecule has 0 amide bonds. The van der Waals surface area contributed by atoms with Crippen LogP contribution in [-0.4, -0.2) is 22.2 Å². The van der Waals surface area contributed by atoms with Crippen molar-refractivity contribution in [2.75, 3.05) is 6.61 Å². The van der Waals surface area contributed by atoms with Crippen LogP contribution in [0.4, 0.5) is 0 Å². The van der Waals surface area contributed by atoms with E-state index in [1.54, 1.807) is 12.1 Å². The highest BCUT2D eigenvalue weighted by atomic mass is 79.9. The Balaban J connectivity index is 2.00. The van der Waals surface area contributed by atoms with Crippen molar-refractivity contribution in [1.82, 2.24) is 4.57 Å². The van der Waals surface area contributed by atoms with Gasteiger partial charge in [0.05, 0.1) is 12.1 Å².